The molecule has 0 fully saturated rings. The van der Waals surface area contributed by atoms with Crippen LogP contribution in [-0.2, 0) is 16.1 Å². The smallest absolute Gasteiger partial charge is 0.244 e. The molecule has 2 N–H and O–H groups in total. The first kappa shape index (κ1) is 16.5. The summed E-state index contributed by atoms with van der Waals surface area (Å²) in [6.07, 6.45) is 0. The molecule has 0 aliphatic rings. The number of ether oxygens (including phenoxy) is 1. The number of nitrogens with two attached hydrogens (primary N) is 1. The third-order valence-corrected chi connectivity index (χ3v) is 3.23. The van der Waals surface area contributed by atoms with Crippen molar-refractivity contribution in [3.63, 3.8) is 0 Å². The zero-order chi connectivity index (χ0) is 15.3. The van der Waals surface area contributed by atoms with E-state index >= 15 is 0 Å². The second-order valence-corrected chi connectivity index (χ2v) is 5.47. The van der Waals surface area contributed by atoms with Gasteiger partial charge in [0.2, 0.25) is 5.91 Å². The number of carbonyl (C=O) groups is 1. The monoisotopic (exact) mass is 282 g/mol. The van der Waals surface area contributed by atoms with Crippen molar-refractivity contribution in [2.24, 2.45) is 5.92 Å². The van der Waals surface area contributed by atoms with Crippen LogP contribution < -0.4 is 5.73 Å². The first-order valence-corrected chi connectivity index (χ1v) is 6.93. The molecule has 0 aliphatic heterocycles. The SMILES string of the molecule is COCCN(CC(C)C)C(=O)Cn1nc(C)c(N)c1C. The normalized spacial score (nSPS) is 11.1. The maximum atomic E-state index is 12.4. The largest absolute Gasteiger partial charge is 0.396 e. The standard InChI is InChI=1S/C14H26N4O2/c1-10(2)8-17(6-7-20-5)13(19)9-18-12(4)14(15)11(3)16-18/h10H,6-9,15H2,1-5H3. The molecule has 1 amide bonds. The van der Waals surface area contributed by atoms with E-state index in [1.165, 1.54) is 0 Å². The lowest BCUT2D eigenvalue weighted by Crippen LogP contribution is -2.39. The number of nitrogens with zero attached hydrogens (tertiary/aromatic N) is 3. The van der Waals surface area contributed by atoms with Crippen molar-refractivity contribution in [3.05, 3.63) is 11.4 Å². The average molecular weight is 282 g/mol. The van der Waals surface area contributed by atoms with Crippen LogP contribution in [0.25, 0.3) is 0 Å². The molecule has 0 aliphatic carbocycles. The molecule has 0 spiro atoms. The van der Waals surface area contributed by atoms with Crippen LogP contribution in [0.4, 0.5) is 5.69 Å². The van der Waals surface area contributed by atoms with Gasteiger partial charge in [-0.1, -0.05) is 13.8 Å². The van der Waals surface area contributed by atoms with E-state index in [2.05, 4.69) is 18.9 Å². The number of rotatable bonds is 7. The maximum absolute atomic E-state index is 12.4. The van der Waals surface area contributed by atoms with Gasteiger partial charge in [-0.2, -0.15) is 5.10 Å². The Balaban J connectivity index is 2.76. The van der Waals surface area contributed by atoms with Crippen LogP contribution in [0.3, 0.4) is 0 Å². The van der Waals surface area contributed by atoms with Crippen molar-refractivity contribution in [2.75, 3.05) is 32.5 Å². The Morgan fingerprint density at radius 2 is 2.10 bits per heavy atom. The highest BCUT2D eigenvalue weighted by Crippen LogP contribution is 2.15. The number of nitrogen functional groups attached to an aromatic ring is 1. The van der Waals surface area contributed by atoms with Crippen molar-refractivity contribution in [1.29, 1.82) is 0 Å². The van der Waals surface area contributed by atoms with E-state index in [0.29, 0.717) is 24.8 Å². The lowest BCUT2D eigenvalue weighted by Gasteiger charge is -2.24. The fraction of sp³-hybridized carbons (Fsp3) is 0.714. The Morgan fingerprint density at radius 1 is 1.45 bits per heavy atom. The second kappa shape index (κ2) is 7.28. The summed E-state index contributed by atoms with van der Waals surface area (Å²) in [5, 5.41) is 4.30. The van der Waals surface area contributed by atoms with Gasteiger partial charge in [0.15, 0.2) is 0 Å². The summed E-state index contributed by atoms with van der Waals surface area (Å²) in [7, 11) is 1.64. The molecule has 0 radical (unpaired) electrons. The van der Waals surface area contributed by atoms with Crippen molar-refractivity contribution in [1.82, 2.24) is 14.7 Å². The highest BCUT2D eigenvalue weighted by Gasteiger charge is 2.17. The van der Waals surface area contributed by atoms with Gasteiger partial charge >= 0.3 is 0 Å². The van der Waals surface area contributed by atoms with Crippen molar-refractivity contribution >= 4 is 11.6 Å². The lowest BCUT2D eigenvalue weighted by atomic mass is 10.2. The summed E-state index contributed by atoms with van der Waals surface area (Å²) in [5.74, 6) is 0.461. The molecule has 0 bridgehead atoms. The highest BCUT2D eigenvalue weighted by molar-refractivity contribution is 5.76. The van der Waals surface area contributed by atoms with Crippen LogP contribution in [0.5, 0.6) is 0 Å². The van der Waals surface area contributed by atoms with E-state index in [1.807, 2.05) is 18.7 Å². The molecule has 0 saturated carbocycles. The quantitative estimate of drug-likeness (QED) is 0.816. The van der Waals surface area contributed by atoms with E-state index in [-0.39, 0.29) is 12.5 Å². The van der Waals surface area contributed by atoms with Gasteiger partial charge in [0, 0.05) is 20.2 Å². The molecular weight excluding hydrogens is 256 g/mol. The number of amides is 1. The minimum Gasteiger partial charge on any atom is -0.396 e. The zero-order valence-electron chi connectivity index (χ0n) is 13.1. The molecule has 0 aromatic carbocycles. The summed E-state index contributed by atoms with van der Waals surface area (Å²) in [6.45, 7) is 9.99. The third-order valence-electron chi connectivity index (χ3n) is 3.23. The summed E-state index contributed by atoms with van der Waals surface area (Å²) in [4.78, 5) is 14.2. The molecule has 1 heterocycles. The third kappa shape index (κ3) is 4.23. The van der Waals surface area contributed by atoms with Gasteiger partial charge in [0.25, 0.3) is 0 Å². The van der Waals surface area contributed by atoms with Gasteiger partial charge in [-0.3, -0.25) is 9.48 Å². The topological polar surface area (TPSA) is 73.4 Å². The lowest BCUT2D eigenvalue weighted by molar-refractivity contribution is -0.133. The zero-order valence-corrected chi connectivity index (χ0v) is 13.1. The predicted octanol–water partition coefficient (Wildman–Crippen LogP) is 1.21. The van der Waals surface area contributed by atoms with E-state index in [0.717, 1.165) is 17.9 Å². The molecule has 0 saturated heterocycles. The fourth-order valence-corrected chi connectivity index (χ4v) is 2.05. The number of hydrogen-bond acceptors (Lipinski definition) is 4. The highest BCUT2D eigenvalue weighted by atomic mass is 16.5. The molecule has 1 aromatic rings. The fourth-order valence-electron chi connectivity index (χ4n) is 2.05. The molecule has 0 atom stereocenters. The van der Waals surface area contributed by atoms with E-state index in [4.69, 9.17) is 10.5 Å². The predicted molar refractivity (Wildman–Crippen MR) is 79.4 cm³/mol. The number of methoxy groups -OCH3 is 1. The van der Waals surface area contributed by atoms with Gasteiger partial charge in [-0.05, 0) is 19.8 Å². The van der Waals surface area contributed by atoms with Crippen LogP contribution >= 0.6 is 0 Å². The Morgan fingerprint density at radius 3 is 2.55 bits per heavy atom. The molecule has 114 valence electrons. The second-order valence-electron chi connectivity index (χ2n) is 5.47. The number of aryl methyl sites for hydroxylation is 1. The molecule has 0 unspecified atom stereocenters. The average Bonchev–Trinajstić information content (AvgIpc) is 2.61. The summed E-state index contributed by atoms with van der Waals surface area (Å²) in [6, 6.07) is 0. The molecular formula is C14H26N4O2. The van der Waals surface area contributed by atoms with Gasteiger partial charge < -0.3 is 15.4 Å². The van der Waals surface area contributed by atoms with Crippen LogP contribution in [0.15, 0.2) is 0 Å². The van der Waals surface area contributed by atoms with Gasteiger partial charge in [0.05, 0.1) is 23.7 Å². The Kier molecular flexibility index (Phi) is 6.01. The van der Waals surface area contributed by atoms with Gasteiger partial charge in [0.1, 0.15) is 6.54 Å². The van der Waals surface area contributed by atoms with E-state index in [9.17, 15) is 4.79 Å². The minimum atomic E-state index is 0.0429. The van der Waals surface area contributed by atoms with Crippen LogP contribution in [0, 0.1) is 19.8 Å². The van der Waals surface area contributed by atoms with Gasteiger partial charge in [-0.15, -0.1) is 0 Å². The molecule has 1 rings (SSSR count). The molecule has 1 aromatic heterocycles. The molecule has 6 nitrogen and oxygen atoms in total. The van der Waals surface area contributed by atoms with Crippen LogP contribution in [0.2, 0.25) is 0 Å². The van der Waals surface area contributed by atoms with Crippen LogP contribution in [-0.4, -0.2) is 47.4 Å². The first-order chi connectivity index (χ1) is 9.36. The number of hydrogen-bond donors (Lipinski definition) is 1. The van der Waals surface area contributed by atoms with E-state index < -0.39 is 0 Å². The van der Waals surface area contributed by atoms with Crippen molar-refractivity contribution < 1.29 is 9.53 Å². The summed E-state index contributed by atoms with van der Waals surface area (Å²) in [5.41, 5.74) is 8.15. The van der Waals surface area contributed by atoms with Crippen molar-refractivity contribution in [3.8, 4) is 0 Å². The Hall–Kier alpha value is -1.56. The van der Waals surface area contributed by atoms with Crippen LogP contribution in [0.1, 0.15) is 25.2 Å². The molecule has 20 heavy (non-hydrogen) atoms. The first-order valence-electron chi connectivity index (χ1n) is 6.93. The number of anilines is 1. The van der Waals surface area contributed by atoms with E-state index in [1.54, 1.807) is 11.8 Å². The van der Waals surface area contributed by atoms with Crippen molar-refractivity contribution in [2.45, 2.75) is 34.2 Å². The Labute approximate surface area is 120 Å². The maximum Gasteiger partial charge on any atom is 0.244 e. The molecule has 6 heteroatoms. The number of carbonyl (C=O) groups excluding carboxylic acids is 1. The summed E-state index contributed by atoms with van der Waals surface area (Å²) < 4.78 is 6.74. The Bertz CT molecular complexity index is 454. The van der Waals surface area contributed by atoms with Gasteiger partial charge in [-0.25, -0.2) is 0 Å². The summed E-state index contributed by atoms with van der Waals surface area (Å²) >= 11 is 0. The number of aromatic nitrogens is 2. The minimum absolute atomic E-state index is 0.0429.